The van der Waals surface area contributed by atoms with Crippen LogP contribution in [0.25, 0.3) is 22.3 Å². The summed E-state index contributed by atoms with van der Waals surface area (Å²) in [6.45, 7) is 13.4. The zero-order chi connectivity index (χ0) is 37.1. The van der Waals surface area contributed by atoms with Crippen LogP contribution >= 0.6 is 0 Å². The number of rotatable bonds is 9. The van der Waals surface area contributed by atoms with Gasteiger partial charge in [0, 0.05) is 78.2 Å². The summed E-state index contributed by atoms with van der Waals surface area (Å²) in [7, 11) is 0. The Hall–Kier alpha value is -5.04. The molecule has 0 amide bonds. The first-order valence-corrected chi connectivity index (χ1v) is 19.6. The van der Waals surface area contributed by atoms with Gasteiger partial charge in [-0.05, 0) is 88.2 Å². The van der Waals surface area contributed by atoms with Crippen molar-refractivity contribution in [3.8, 4) is 17.0 Å². The first kappa shape index (κ1) is 34.7. The van der Waals surface area contributed by atoms with Crippen molar-refractivity contribution < 1.29 is 19.2 Å². The molecule has 13 nitrogen and oxygen atoms in total. The average Bonchev–Trinajstić information content (AvgIpc) is 3.76. The highest BCUT2D eigenvalue weighted by atomic mass is 16.5. The number of carbonyl (C=O) groups excluding carboxylic acids is 1. The summed E-state index contributed by atoms with van der Waals surface area (Å²) in [6, 6.07) is 11.9. The minimum Gasteiger partial charge on any atom is -0.507 e. The number of aromatic amines is 1. The Morgan fingerprint density at radius 2 is 1.83 bits per heavy atom. The van der Waals surface area contributed by atoms with Crippen molar-refractivity contribution in [3.63, 3.8) is 0 Å². The highest BCUT2D eigenvalue weighted by molar-refractivity contribution is 5.86. The number of fused-ring (bicyclic) bond motifs is 3. The minimum absolute atomic E-state index is 0.0495. The second-order valence-electron chi connectivity index (χ2n) is 16.3. The summed E-state index contributed by atoms with van der Waals surface area (Å²) < 4.78 is 10.9. The third-order valence-electron chi connectivity index (χ3n) is 12.5. The van der Waals surface area contributed by atoms with Crippen molar-refractivity contribution in [2.45, 2.75) is 83.7 Å². The summed E-state index contributed by atoms with van der Waals surface area (Å²) in [5.74, 6) is 2.22. The number of nitrogens with zero attached hydrogens (tertiary/aromatic N) is 8. The summed E-state index contributed by atoms with van der Waals surface area (Å²) in [6.07, 6.45) is 9.63. The topological polar surface area (TPSA) is 150 Å². The van der Waals surface area contributed by atoms with Crippen LogP contribution in [0.1, 0.15) is 93.8 Å². The number of anilines is 2. The standard InChI is InChI=1S/C41H49N9O4/c1-5-53-39(52)36(24(2)3)34-17-35(47-54-34)49-22-41(23-49)18-28(19-41)48-13-10-26(11-14-48)27-20-42-40(43-21-27)50-15-12-31-37(25(50)4)30-16-32(45-46-38(30)44-31)29-8-6-7-9-33(29)51/h6-9,16-17,20-21,24-26,28,36,51H,5,10-15,18-19,22-23H2,1-4H3,(H,44,46)/t25-,36?/m1/s1. The Kier molecular flexibility index (Phi) is 8.79. The lowest BCUT2D eigenvalue weighted by molar-refractivity contribution is -0.146. The first-order valence-electron chi connectivity index (χ1n) is 19.6. The van der Waals surface area contributed by atoms with Crippen molar-refractivity contribution >= 4 is 28.8 Å². The van der Waals surface area contributed by atoms with Crippen molar-refractivity contribution in [3.05, 3.63) is 71.4 Å². The molecule has 282 valence electrons. The predicted molar refractivity (Wildman–Crippen MR) is 204 cm³/mol. The molecular formula is C41H49N9O4. The molecule has 0 bridgehead atoms. The number of aromatic hydroxyl groups is 1. The molecule has 13 heteroatoms. The van der Waals surface area contributed by atoms with Crippen LogP contribution in [0.5, 0.6) is 5.75 Å². The SMILES string of the molecule is CCOC(=O)C(c1cc(N2CC3(CC(N4CCC(c5cnc(N6CCc7[nH]c8nnc(-c9ccccc9O)cc8c7[C@H]6C)nc5)CC4)C3)C2)no1)C(C)C. The number of benzene rings is 1. The number of piperidine rings is 1. The zero-order valence-corrected chi connectivity index (χ0v) is 31.5. The van der Waals surface area contributed by atoms with Gasteiger partial charge in [0.1, 0.15) is 11.7 Å². The molecule has 5 aromatic rings. The van der Waals surface area contributed by atoms with E-state index in [1.165, 1.54) is 29.7 Å². The molecule has 1 saturated carbocycles. The number of likely N-dealkylation sites (tertiary alicyclic amines) is 1. The van der Waals surface area contributed by atoms with Gasteiger partial charge in [0.15, 0.2) is 17.2 Å². The third-order valence-corrected chi connectivity index (χ3v) is 12.5. The van der Waals surface area contributed by atoms with E-state index in [0.717, 1.165) is 74.8 Å². The Bertz CT molecular complexity index is 2140. The van der Waals surface area contributed by atoms with Gasteiger partial charge in [-0.1, -0.05) is 31.1 Å². The Balaban J connectivity index is 0.783. The van der Waals surface area contributed by atoms with Gasteiger partial charge in [0.2, 0.25) is 5.95 Å². The molecule has 2 saturated heterocycles. The minimum atomic E-state index is -0.432. The average molecular weight is 732 g/mol. The number of nitrogens with one attached hydrogen (secondary N) is 1. The zero-order valence-electron chi connectivity index (χ0n) is 31.5. The maximum atomic E-state index is 12.5. The Labute approximate surface area is 315 Å². The number of phenolic OH excluding ortho intramolecular Hbond substituents is 1. The lowest BCUT2D eigenvalue weighted by Crippen LogP contribution is -2.67. The molecule has 3 fully saturated rings. The van der Waals surface area contributed by atoms with Crippen molar-refractivity contribution in [1.82, 2.24) is 35.2 Å². The van der Waals surface area contributed by atoms with E-state index >= 15 is 0 Å². The number of esters is 1. The lowest BCUT2D eigenvalue weighted by Gasteiger charge is -2.61. The van der Waals surface area contributed by atoms with E-state index in [4.69, 9.17) is 19.2 Å². The van der Waals surface area contributed by atoms with Crippen LogP contribution in [0.3, 0.4) is 0 Å². The molecule has 1 unspecified atom stereocenters. The summed E-state index contributed by atoms with van der Waals surface area (Å²) >= 11 is 0. The second kappa shape index (κ2) is 13.7. The van der Waals surface area contributed by atoms with Gasteiger partial charge in [-0.2, -0.15) is 0 Å². The van der Waals surface area contributed by atoms with Crippen LogP contribution in [0.4, 0.5) is 11.8 Å². The smallest absolute Gasteiger partial charge is 0.317 e. The molecule has 2 atom stereocenters. The molecule has 4 aromatic heterocycles. The summed E-state index contributed by atoms with van der Waals surface area (Å²) in [5.41, 5.74) is 6.03. The van der Waals surface area contributed by atoms with E-state index in [2.05, 4.69) is 54.4 Å². The quantitative estimate of drug-likeness (QED) is 0.162. The molecule has 3 aliphatic heterocycles. The molecule has 1 aromatic carbocycles. The fraction of sp³-hybridized carbons (Fsp3) is 0.512. The number of aromatic nitrogens is 6. The van der Waals surface area contributed by atoms with Crippen molar-refractivity contribution in [2.24, 2.45) is 11.3 Å². The van der Waals surface area contributed by atoms with Crippen LogP contribution in [0.2, 0.25) is 0 Å². The molecule has 2 N–H and O–H groups in total. The van der Waals surface area contributed by atoms with Gasteiger partial charge in [0.05, 0.1) is 18.3 Å². The monoisotopic (exact) mass is 731 g/mol. The van der Waals surface area contributed by atoms with Gasteiger partial charge in [-0.3, -0.25) is 4.79 Å². The molecule has 7 heterocycles. The van der Waals surface area contributed by atoms with Crippen molar-refractivity contribution in [1.29, 1.82) is 0 Å². The van der Waals surface area contributed by atoms with Gasteiger partial charge in [0.25, 0.3) is 0 Å². The number of hydrogen-bond acceptors (Lipinski definition) is 12. The van der Waals surface area contributed by atoms with E-state index < -0.39 is 5.92 Å². The van der Waals surface area contributed by atoms with E-state index in [-0.39, 0.29) is 23.7 Å². The van der Waals surface area contributed by atoms with Crippen LogP contribution in [0.15, 0.2) is 53.3 Å². The molecular weight excluding hydrogens is 683 g/mol. The van der Waals surface area contributed by atoms with Gasteiger partial charge in [-0.25, -0.2) is 9.97 Å². The van der Waals surface area contributed by atoms with Gasteiger partial charge < -0.3 is 34.1 Å². The predicted octanol–water partition coefficient (Wildman–Crippen LogP) is 6.38. The molecule has 4 aliphatic rings. The number of phenols is 1. The highest BCUT2D eigenvalue weighted by Gasteiger charge is 2.54. The molecule has 54 heavy (non-hydrogen) atoms. The number of carbonyl (C=O) groups is 1. The largest absolute Gasteiger partial charge is 0.507 e. The van der Waals surface area contributed by atoms with Crippen LogP contribution in [0, 0.1) is 11.3 Å². The molecule has 1 aliphatic carbocycles. The summed E-state index contributed by atoms with van der Waals surface area (Å²) in [4.78, 5) is 33.1. The fourth-order valence-electron chi connectivity index (χ4n) is 9.61. The number of H-pyrrole nitrogens is 1. The summed E-state index contributed by atoms with van der Waals surface area (Å²) in [5, 5.41) is 24.7. The number of hydrogen-bond donors (Lipinski definition) is 2. The maximum absolute atomic E-state index is 12.5. The van der Waals surface area contributed by atoms with E-state index in [0.29, 0.717) is 41.0 Å². The first-order chi connectivity index (χ1) is 26.2. The van der Waals surface area contributed by atoms with E-state index in [1.54, 1.807) is 12.1 Å². The number of ether oxygens (including phenoxy) is 1. The lowest BCUT2D eigenvalue weighted by atomic mass is 9.60. The molecule has 1 spiro atoms. The molecule has 9 rings (SSSR count). The number of para-hydroxylation sites is 1. The fourth-order valence-corrected chi connectivity index (χ4v) is 9.61. The van der Waals surface area contributed by atoms with E-state index in [1.807, 2.05) is 45.0 Å². The second-order valence-corrected chi connectivity index (χ2v) is 16.3. The van der Waals surface area contributed by atoms with E-state index in [9.17, 15) is 9.90 Å². The Morgan fingerprint density at radius 1 is 1.07 bits per heavy atom. The third kappa shape index (κ3) is 6.06. The van der Waals surface area contributed by atoms with Gasteiger partial charge in [-0.15, -0.1) is 10.2 Å². The van der Waals surface area contributed by atoms with Crippen LogP contribution < -0.4 is 9.80 Å². The highest BCUT2D eigenvalue weighted by Crippen LogP contribution is 2.52. The Morgan fingerprint density at radius 3 is 2.56 bits per heavy atom. The normalized spacial score (nSPS) is 20.9. The van der Waals surface area contributed by atoms with Gasteiger partial charge >= 0.3 is 5.97 Å². The molecule has 0 radical (unpaired) electrons. The maximum Gasteiger partial charge on any atom is 0.317 e. The van der Waals surface area contributed by atoms with Crippen LogP contribution in [-0.2, 0) is 16.0 Å². The van der Waals surface area contributed by atoms with Crippen LogP contribution in [-0.4, -0.2) is 91.7 Å². The van der Waals surface area contributed by atoms with Crippen molar-refractivity contribution in [2.75, 3.05) is 49.1 Å².